The van der Waals surface area contributed by atoms with Gasteiger partial charge in [-0.3, -0.25) is 4.90 Å². The minimum Gasteiger partial charge on any atom is -0.352 e. The third kappa shape index (κ3) is 4.15. The summed E-state index contributed by atoms with van der Waals surface area (Å²) in [6.45, 7) is 10.1. The highest BCUT2D eigenvalue weighted by atomic mass is 16.7. The molecule has 0 radical (unpaired) electrons. The molecule has 4 nitrogen and oxygen atoms in total. The van der Waals surface area contributed by atoms with E-state index in [1.165, 1.54) is 38.9 Å². The average Bonchev–Trinajstić information content (AvgIpc) is 2.39. The Bertz CT molecular complexity index is 255. The summed E-state index contributed by atoms with van der Waals surface area (Å²) >= 11 is 0. The lowest BCUT2D eigenvalue weighted by atomic mass is 9.84. The van der Waals surface area contributed by atoms with Gasteiger partial charge in [0.2, 0.25) is 0 Å². The smallest absolute Gasteiger partial charge is 0.170 e. The van der Waals surface area contributed by atoms with Gasteiger partial charge >= 0.3 is 0 Å². The maximum absolute atomic E-state index is 5.67. The van der Waals surface area contributed by atoms with Gasteiger partial charge < -0.3 is 14.4 Å². The van der Waals surface area contributed by atoms with Gasteiger partial charge in [-0.1, -0.05) is 0 Å². The largest absolute Gasteiger partial charge is 0.352 e. The average molecular weight is 270 g/mol. The molecule has 2 rings (SSSR count). The van der Waals surface area contributed by atoms with Crippen molar-refractivity contribution in [3.8, 4) is 0 Å². The van der Waals surface area contributed by atoms with E-state index in [2.05, 4.69) is 16.8 Å². The molecule has 0 N–H and O–H groups in total. The van der Waals surface area contributed by atoms with Crippen LogP contribution in [0.1, 0.15) is 33.1 Å². The highest BCUT2D eigenvalue weighted by molar-refractivity contribution is 4.89. The summed E-state index contributed by atoms with van der Waals surface area (Å²) in [4.78, 5) is 5.10. The first kappa shape index (κ1) is 15.2. The number of hydrogen-bond donors (Lipinski definition) is 0. The predicted octanol–water partition coefficient (Wildman–Crippen LogP) is 1.80. The topological polar surface area (TPSA) is 24.9 Å². The fraction of sp³-hybridized carbons (Fsp3) is 1.00. The van der Waals surface area contributed by atoms with E-state index in [1.54, 1.807) is 0 Å². The number of nitrogens with zero attached hydrogens (tertiary/aromatic N) is 2. The van der Waals surface area contributed by atoms with Crippen molar-refractivity contribution >= 4 is 0 Å². The second-order valence-corrected chi connectivity index (χ2v) is 5.84. The number of ether oxygens (including phenoxy) is 2. The molecule has 2 saturated heterocycles. The molecule has 0 spiro atoms. The van der Waals surface area contributed by atoms with Crippen LogP contribution in [0, 0.1) is 5.92 Å². The van der Waals surface area contributed by atoms with E-state index in [9.17, 15) is 0 Å². The minimum absolute atomic E-state index is 0.0483. The van der Waals surface area contributed by atoms with Crippen molar-refractivity contribution in [2.24, 2.45) is 5.92 Å². The van der Waals surface area contributed by atoms with Crippen LogP contribution < -0.4 is 0 Å². The molecule has 0 bridgehead atoms. The van der Waals surface area contributed by atoms with E-state index >= 15 is 0 Å². The van der Waals surface area contributed by atoms with Gasteiger partial charge in [0, 0.05) is 32.3 Å². The Labute approximate surface area is 118 Å². The zero-order valence-electron chi connectivity index (χ0n) is 12.8. The van der Waals surface area contributed by atoms with Crippen LogP contribution >= 0.6 is 0 Å². The van der Waals surface area contributed by atoms with Gasteiger partial charge in [0.1, 0.15) is 0 Å². The molecule has 2 heterocycles. The third-order valence-corrected chi connectivity index (χ3v) is 4.54. The Balaban J connectivity index is 1.82. The maximum atomic E-state index is 5.67. The molecular weight excluding hydrogens is 240 g/mol. The Morgan fingerprint density at radius 3 is 2.53 bits per heavy atom. The highest BCUT2D eigenvalue weighted by Gasteiger charge is 2.34. The fourth-order valence-electron chi connectivity index (χ4n) is 3.63. The van der Waals surface area contributed by atoms with Gasteiger partial charge in [-0.2, -0.15) is 0 Å². The number of likely N-dealkylation sites (tertiary alicyclic amines) is 2. The van der Waals surface area contributed by atoms with Crippen LogP contribution in [0.15, 0.2) is 0 Å². The summed E-state index contributed by atoms with van der Waals surface area (Å²) in [5.74, 6) is 0.844. The van der Waals surface area contributed by atoms with Crippen LogP contribution in [0.2, 0.25) is 0 Å². The summed E-state index contributed by atoms with van der Waals surface area (Å²) in [6, 6.07) is 0.808. The molecule has 0 aromatic rings. The van der Waals surface area contributed by atoms with Gasteiger partial charge in [0.05, 0.1) is 0 Å². The Morgan fingerprint density at radius 1 is 1.11 bits per heavy atom. The van der Waals surface area contributed by atoms with Crippen molar-refractivity contribution < 1.29 is 9.47 Å². The Hall–Kier alpha value is -0.160. The molecule has 0 aliphatic carbocycles. The number of rotatable bonds is 6. The van der Waals surface area contributed by atoms with Crippen molar-refractivity contribution in [2.45, 2.75) is 45.4 Å². The van der Waals surface area contributed by atoms with Gasteiger partial charge in [0.25, 0.3) is 0 Å². The fourth-order valence-corrected chi connectivity index (χ4v) is 3.63. The van der Waals surface area contributed by atoms with E-state index in [0.29, 0.717) is 0 Å². The van der Waals surface area contributed by atoms with Crippen LogP contribution in [0.4, 0.5) is 0 Å². The second-order valence-electron chi connectivity index (χ2n) is 5.84. The summed E-state index contributed by atoms with van der Waals surface area (Å²) in [6.07, 6.45) is 3.99. The summed E-state index contributed by atoms with van der Waals surface area (Å²) < 4.78 is 11.3. The van der Waals surface area contributed by atoms with Crippen LogP contribution in [0.25, 0.3) is 0 Å². The van der Waals surface area contributed by atoms with E-state index in [-0.39, 0.29) is 6.29 Å². The third-order valence-electron chi connectivity index (χ3n) is 4.54. The zero-order chi connectivity index (χ0) is 13.7. The van der Waals surface area contributed by atoms with Crippen LogP contribution in [-0.4, -0.2) is 68.6 Å². The molecule has 2 atom stereocenters. The van der Waals surface area contributed by atoms with Crippen molar-refractivity contribution in [1.82, 2.24) is 9.80 Å². The van der Waals surface area contributed by atoms with Crippen molar-refractivity contribution in [3.63, 3.8) is 0 Å². The second kappa shape index (κ2) is 7.58. The highest BCUT2D eigenvalue weighted by Crippen LogP contribution is 2.29. The number of fused-ring (bicyclic) bond motifs is 1. The molecular formula is C15H30N2O2. The molecule has 0 aromatic heterocycles. The van der Waals surface area contributed by atoms with Gasteiger partial charge in [-0.25, -0.2) is 0 Å². The van der Waals surface area contributed by atoms with Gasteiger partial charge in [0.15, 0.2) is 6.29 Å². The zero-order valence-corrected chi connectivity index (χ0v) is 12.8. The lowest BCUT2D eigenvalue weighted by molar-refractivity contribution is -0.151. The molecule has 2 aliphatic heterocycles. The van der Waals surface area contributed by atoms with Gasteiger partial charge in [-0.05, 0) is 59.2 Å². The van der Waals surface area contributed by atoms with E-state index < -0.39 is 0 Å². The standard InChI is InChI=1S/C15H30N2O2/c1-4-18-15(19-5-2)12-17-10-8-14-13(11-17)7-6-9-16(14)3/h13-15H,4-12H2,1-3H3. The Morgan fingerprint density at radius 2 is 1.84 bits per heavy atom. The first-order chi connectivity index (χ1) is 9.24. The van der Waals surface area contributed by atoms with E-state index in [1.807, 2.05) is 13.8 Å². The minimum atomic E-state index is -0.0483. The first-order valence-electron chi connectivity index (χ1n) is 7.90. The summed E-state index contributed by atoms with van der Waals surface area (Å²) in [5.41, 5.74) is 0. The van der Waals surface area contributed by atoms with Crippen LogP contribution in [-0.2, 0) is 9.47 Å². The monoisotopic (exact) mass is 270 g/mol. The lowest BCUT2D eigenvalue weighted by Crippen LogP contribution is -2.54. The van der Waals surface area contributed by atoms with Crippen molar-refractivity contribution in [2.75, 3.05) is 46.4 Å². The molecule has 112 valence electrons. The summed E-state index contributed by atoms with van der Waals surface area (Å²) in [7, 11) is 2.29. The van der Waals surface area contributed by atoms with Crippen LogP contribution in [0.3, 0.4) is 0 Å². The molecule has 0 saturated carbocycles. The summed E-state index contributed by atoms with van der Waals surface area (Å²) in [5, 5.41) is 0. The van der Waals surface area contributed by atoms with Crippen LogP contribution in [0.5, 0.6) is 0 Å². The molecule has 19 heavy (non-hydrogen) atoms. The predicted molar refractivity (Wildman–Crippen MR) is 77.2 cm³/mol. The molecule has 2 fully saturated rings. The number of piperidine rings is 2. The molecule has 4 heteroatoms. The molecule has 0 aromatic carbocycles. The quantitative estimate of drug-likeness (QED) is 0.687. The van der Waals surface area contributed by atoms with Gasteiger partial charge in [-0.15, -0.1) is 0 Å². The van der Waals surface area contributed by atoms with Crippen molar-refractivity contribution in [1.29, 1.82) is 0 Å². The lowest BCUT2D eigenvalue weighted by Gasteiger charge is -2.46. The maximum Gasteiger partial charge on any atom is 0.170 e. The number of hydrogen-bond acceptors (Lipinski definition) is 4. The van der Waals surface area contributed by atoms with Crippen molar-refractivity contribution in [3.05, 3.63) is 0 Å². The molecule has 2 aliphatic rings. The first-order valence-corrected chi connectivity index (χ1v) is 7.90. The van der Waals surface area contributed by atoms with E-state index in [0.717, 1.165) is 31.7 Å². The SMILES string of the molecule is CCOC(CN1CCC2C(CCCN2C)C1)OCC. The normalized spacial score (nSPS) is 29.7. The molecule has 2 unspecified atom stereocenters. The Kier molecular flexibility index (Phi) is 6.07. The molecule has 0 amide bonds. The van der Waals surface area contributed by atoms with E-state index in [4.69, 9.17) is 9.47 Å².